The van der Waals surface area contributed by atoms with Crippen LogP contribution in [0.5, 0.6) is 0 Å². The highest BCUT2D eigenvalue weighted by Crippen LogP contribution is 2.29. The van der Waals surface area contributed by atoms with Gasteiger partial charge in [-0.15, -0.1) is 11.3 Å². The quantitative estimate of drug-likeness (QED) is 0.774. The second kappa shape index (κ2) is 6.57. The van der Waals surface area contributed by atoms with Crippen LogP contribution in [0.2, 0.25) is 0 Å². The summed E-state index contributed by atoms with van der Waals surface area (Å²) in [5, 5.41) is 5.56. The first-order valence-corrected chi connectivity index (χ1v) is 8.97. The van der Waals surface area contributed by atoms with Crippen molar-refractivity contribution in [2.45, 2.75) is 18.9 Å². The summed E-state index contributed by atoms with van der Waals surface area (Å²) in [4.78, 5) is 22.7. The third-order valence-corrected chi connectivity index (χ3v) is 5.24. The Morgan fingerprint density at radius 3 is 2.88 bits per heavy atom. The maximum absolute atomic E-state index is 12.0. The van der Waals surface area contributed by atoms with Gasteiger partial charge in [0, 0.05) is 19.5 Å². The lowest BCUT2D eigenvalue weighted by Crippen LogP contribution is -2.32. The van der Waals surface area contributed by atoms with Crippen LogP contribution in [0.15, 0.2) is 48.1 Å². The number of amides is 1. The van der Waals surface area contributed by atoms with Gasteiger partial charge in [0.15, 0.2) is 0 Å². The molecule has 0 bridgehead atoms. The van der Waals surface area contributed by atoms with Gasteiger partial charge in [-0.1, -0.05) is 30.3 Å². The van der Waals surface area contributed by atoms with Crippen molar-refractivity contribution in [3.8, 4) is 0 Å². The summed E-state index contributed by atoms with van der Waals surface area (Å²) in [5.74, 6) is 1.07. The molecule has 4 rings (SSSR count). The molecular formula is C18H18N4OS. The van der Waals surface area contributed by atoms with Crippen LogP contribution in [0, 0.1) is 0 Å². The second-order valence-corrected chi connectivity index (χ2v) is 6.82. The molecule has 1 fully saturated rings. The van der Waals surface area contributed by atoms with E-state index in [4.69, 9.17) is 0 Å². The number of nitrogens with one attached hydrogen (secondary N) is 1. The fourth-order valence-corrected chi connectivity index (χ4v) is 3.89. The molecule has 0 radical (unpaired) electrons. The minimum absolute atomic E-state index is 0.00782. The summed E-state index contributed by atoms with van der Waals surface area (Å²) in [5.41, 5.74) is 2.10. The number of likely N-dealkylation sites (tertiary alicyclic amines) is 1. The lowest BCUT2D eigenvalue weighted by Gasteiger charge is -2.25. The van der Waals surface area contributed by atoms with Gasteiger partial charge in [-0.2, -0.15) is 0 Å². The molecule has 1 aromatic carbocycles. The third kappa shape index (κ3) is 2.97. The van der Waals surface area contributed by atoms with Gasteiger partial charge in [-0.05, 0) is 23.4 Å². The van der Waals surface area contributed by atoms with Crippen molar-refractivity contribution in [1.29, 1.82) is 0 Å². The Morgan fingerprint density at radius 2 is 2.08 bits per heavy atom. The molecule has 1 unspecified atom stereocenters. The van der Waals surface area contributed by atoms with Gasteiger partial charge < -0.3 is 10.2 Å². The Morgan fingerprint density at radius 1 is 1.21 bits per heavy atom. The van der Waals surface area contributed by atoms with E-state index in [1.807, 2.05) is 34.5 Å². The molecule has 0 spiro atoms. The Balaban J connectivity index is 1.65. The molecule has 6 heteroatoms. The van der Waals surface area contributed by atoms with Crippen LogP contribution in [-0.4, -0.2) is 33.9 Å². The summed E-state index contributed by atoms with van der Waals surface area (Å²) in [7, 11) is 0. The maximum atomic E-state index is 12.0. The van der Waals surface area contributed by atoms with E-state index in [1.54, 1.807) is 17.7 Å². The van der Waals surface area contributed by atoms with Crippen molar-refractivity contribution in [1.82, 2.24) is 14.9 Å². The SMILES string of the molecule is O=C1CCCN1CC(Nc1ncnc2ccsc12)c1ccccc1. The maximum Gasteiger partial charge on any atom is 0.222 e. The Bertz CT molecular complexity index is 848. The largest absolute Gasteiger partial charge is 0.360 e. The Labute approximate surface area is 144 Å². The summed E-state index contributed by atoms with van der Waals surface area (Å²) < 4.78 is 1.05. The third-order valence-electron chi connectivity index (χ3n) is 4.33. The van der Waals surface area contributed by atoms with Crippen LogP contribution in [-0.2, 0) is 4.79 Å². The summed E-state index contributed by atoms with van der Waals surface area (Å²) in [6.45, 7) is 1.49. The van der Waals surface area contributed by atoms with Crippen molar-refractivity contribution in [3.63, 3.8) is 0 Å². The highest BCUT2D eigenvalue weighted by molar-refractivity contribution is 7.17. The molecule has 24 heavy (non-hydrogen) atoms. The van der Waals surface area contributed by atoms with E-state index in [1.165, 1.54) is 0 Å². The highest BCUT2D eigenvalue weighted by Gasteiger charge is 2.25. The first-order valence-electron chi connectivity index (χ1n) is 8.09. The minimum atomic E-state index is 0.00782. The predicted octanol–water partition coefficient (Wildman–Crippen LogP) is 3.47. The number of carbonyl (C=O) groups excluding carboxylic acids is 1. The minimum Gasteiger partial charge on any atom is -0.360 e. The molecule has 3 aromatic rings. The number of carbonyl (C=O) groups is 1. The zero-order valence-corrected chi connectivity index (χ0v) is 14.0. The van der Waals surface area contributed by atoms with Crippen LogP contribution < -0.4 is 5.32 Å². The normalized spacial score (nSPS) is 15.8. The molecule has 0 saturated carbocycles. The number of nitrogens with zero attached hydrogens (tertiary/aromatic N) is 3. The van der Waals surface area contributed by atoms with Crippen LogP contribution in [0.1, 0.15) is 24.4 Å². The highest BCUT2D eigenvalue weighted by atomic mass is 32.1. The Kier molecular flexibility index (Phi) is 4.13. The number of hydrogen-bond acceptors (Lipinski definition) is 5. The van der Waals surface area contributed by atoms with Gasteiger partial charge in [-0.25, -0.2) is 9.97 Å². The van der Waals surface area contributed by atoms with E-state index in [9.17, 15) is 4.79 Å². The van der Waals surface area contributed by atoms with E-state index in [2.05, 4.69) is 27.4 Å². The molecule has 1 aliphatic rings. The summed E-state index contributed by atoms with van der Waals surface area (Å²) >= 11 is 1.63. The van der Waals surface area contributed by atoms with Crippen LogP contribution in [0.3, 0.4) is 0 Å². The molecular weight excluding hydrogens is 320 g/mol. The van der Waals surface area contributed by atoms with Gasteiger partial charge in [0.25, 0.3) is 0 Å². The number of thiophene rings is 1. The average molecular weight is 338 g/mol. The van der Waals surface area contributed by atoms with Crippen molar-refractivity contribution < 1.29 is 4.79 Å². The second-order valence-electron chi connectivity index (χ2n) is 5.91. The van der Waals surface area contributed by atoms with E-state index in [0.717, 1.165) is 34.6 Å². The van der Waals surface area contributed by atoms with Crippen molar-refractivity contribution >= 4 is 33.3 Å². The Hall–Kier alpha value is -2.47. The molecule has 1 amide bonds. The molecule has 1 atom stereocenters. The average Bonchev–Trinajstić information content (AvgIpc) is 3.25. The van der Waals surface area contributed by atoms with E-state index in [-0.39, 0.29) is 11.9 Å². The first-order chi connectivity index (χ1) is 11.8. The first kappa shape index (κ1) is 15.1. The lowest BCUT2D eigenvalue weighted by atomic mass is 10.1. The lowest BCUT2D eigenvalue weighted by molar-refractivity contribution is -0.127. The zero-order chi connectivity index (χ0) is 16.4. The number of anilines is 1. The van der Waals surface area contributed by atoms with E-state index >= 15 is 0 Å². The molecule has 2 aromatic heterocycles. The molecule has 3 heterocycles. The zero-order valence-electron chi connectivity index (χ0n) is 13.2. The van der Waals surface area contributed by atoms with Crippen molar-refractivity contribution in [2.24, 2.45) is 0 Å². The molecule has 122 valence electrons. The molecule has 1 saturated heterocycles. The molecule has 0 aliphatic carbocycles. The number of fused-ring (bicyclic) bond motifs is 1. The molecule has 5 nitrogen and oxygen atoms in total. The van der Waals surface area contributed by atoms with Crippen molar-refractivity contribution in [2.75, 3.05) is 18.4 Å². The summed E-state index contributed by atoms with van der Waals surface area (Å²) in [6, 6.07) is 12.2. The van der Waals surface area contributed by atoms with E-state index < -0.39 is 0 Å². The van der Waals surface area contributed by atoms with Crippen LogP contribution >= 0.6 is 11.3 Å². The smallest absolute Gasteiger partial charge is 0.222 e. The standard InChI is InChI=1S/C18H18N4OS/c23-16-7-4-9-22(16)11-15(13-5-2-1-3-6-13)21-18-17-14(8-10-24-17)19-12-20-18/h1-3,5-6,8,10,12,15H,4,7,9,11H2,(H,19,20,21). The van der Waals surface area contributed by atoms with E-state index in [0.29, 0.717) is 13.0 Å². The topological polar surface area (TPSA) is 58.1 Å². The van der Waals surface area contributed by atoms with Gasteiger partial charge >= 0.3 is 0 Å². The van der Waals surface area contributed by atoms with Gasteiger partial charge in [0.1, 0.15) is 12.1 Å². The van der Waals surface area contributed by atoms with Gasteiger partial charge in [0.2, 0.25) is 5.91 Å². The molecule has 1 aliphatic heterocycles. The van der Waals surface area contributed by atoms with Crippen LogP contribution in [0.4, 0.5) is 5.82 Å². The predicted molar refractivity (Wildman–Crippen MR) is 96.0 cm³/mol. The fourth-order valence-electron chi connectivity index (χ4n) is 3.09. The number of rotatable bonds is 5. The van der Waals surface area contributed by atoms with Gasteiger partial charge in [-0.3, -0.25) is 4.79 Å². The van der Waals surface area contributed by atoms with Crippen LogP contribution in [0.25, 0.3) is 10.2 Å². The van der Waals surface area contributed by atoms with Crippen molar-refractivity contribution in [3.05, 3.63) is 53.7 Å². The number of hydrogen-bond donors (Lipinski definition) is 1. The molecule has 1 N–H and O–H groups in total. The summed E-state index contributed by atoms with van der Waals surface area (Å²) in [6.07, 6.45) is 3.19. The monoisotopic (exact) mass is 338 g/mol. The number of benzene rings is 1. The number of aromatic nitrogens is 2. The fraction of sp³-hybridized carbons (Fsp3) is 0.278. The van der Waals surface area contributed by atoms with Gasteiger partial charge in [0.05, 0.1) is 16.3 Å².